The molecule has 0 bridgehead atoms. The Bertz CT molecular complexity index is 665. The fourth-order valence-electron chi connectivity index (χ4n) is 3.75. The van der Waals surface area contributed by atoms with Gasteiger partial charge in [-0.2, -0.15) is 4.31 Å². The molecule has 0 aromatic carbocycles. The summed E-state index contributed by atoms with van der Waals surface area (Å²) in [6, 6.07) is 0. The van der Waals surface area contributed by atoms with E-state index in [2.05, 4.69) is 14.9 Å². The summed E-state index contributed by atoms with van der Waals surface area (Å²) < 4.78 is 28.7. The summed E-state index contributed by atoms with van der Waals surface area (Å²) in [7, 11) is -3.29. The molecule has 1 aromatic rings. The minimum absolute atomic E-state index is 0.0669. The number of hydrogen-bond acceptors (Lipinski definition) is 4. The van der Waals surface area contributed by atoms with Crippen molar-refractivity contribution in [1.29, 1.82) is 0 Å². The highest BCUT2D eigenvalue weighted by molar-refractivity contribution is 7.89. The van der Waals surface area contributed by atoms with Crippen molar-refractivity contribution < 1.29 is 13.2 Å². The standard InChI is InChI=1S/C16H26N4O3S/c21-13-17-7-4-10-24(22,23)19-8-9-20-15(12-19)11-18-16(20)14-5-2-1-3-6-14/h11,13-14H,1-10,12H2,(H,17,21). The van der Waals surface area contributed by atoms with Crippen molar-refractivity contribution in [3.8, 4) is 0 Å². The summed E-state index contributed by atoms with van der Waals surface area (Å²) in [5.41, 5.74) is 0.997. The third kappa shape index (κ3) is 3.80. The van der Waals surface area contributed by atoms with E-state index in [1.165, 1.54) is 32.1 Å². The molecule has 0 spiro atoms. The van der Waals surface area contributed by atoms with Gasteiger partial charge in [0.15, 0.2) is 0 Å². The molecule has 0 radical (unpaired) electrons. The number of aromatic nitrogens is 2. The molecule has 2 aliphatic rings. The molecule has 1 aliphatic heterocycles. The molecule has 0 atom stereocenters. The topological polar surface area (TPSA) is 84.3 Å². The first kappa shape index (κ1) is 17.4. The Morgan fingerprint density at radius 2 is 2.04 bits per heavy atom. The molecule has 7 nitrogen and oxygen atoms in total. The van der Waals surface area contributed by atoms with Crippen LogP contribution in [0.4, 0.5) is 0 Å². The van der Waals surface area contributed by atoms with Gasteiger partial charge in [0.2, 0.25) is 16.4 Å². The Morgan fingerprint density at radius 3 is 2.79 bits per heavy atom. The average Bonchev–Trinajstić information content (AvgIpc) is 3.03. The minimum atomic E-state index is -3.29. The predicted octanol–water partition coefficient (Wildman–Crippen LogP) is 1.21. The van der Waals surface area contributed by atoms with Gasteiger partial charge in [-0.15, -0.1) is 0 Å². The maximum Gasteiger partial charge on any atom is 0.214 e. The maximum atomic E-state index is 12.4. The maximum absolute atomic E-state index is 12.4. The summed E-state index contributed by atoms with van der Waals surface area (Å²) in [5.74, 6) is 1.75. The van der Waals surface area contributed by atoms with E-state index in [0.717, 1.165) is 11.5 Å². The van der Waals surface area contributed by atoms with Crippen molar-refractivity contribution in [3.05, 3.63) is 17.7 Å². The number of fused-ring (bicyclic) bond motifs is 1. The summed E-state index contributed by atoms with van der Waals surface area (Å²) in [4.78, 5) is 14.8. The normalized spacial score (nSPS) is 19.8. The van der Waals surface area contributed by atoms with Crippen molar-refractivity contribution in [3.63, 3.8) is 0 Å². The average molecular weight is 354 g/mol. The molecule has 134 valence electrons. The van der Waals surface area contributed by atoms with Gasteiger partial charge in [-0.3, -0.25) is 4.79 Å². The molecule has 3 rings (SSSR count). The Hall–Kier alpha value is -1.41. The number of amides is 1. The number of rotatable bonds is 7. The number of imidazole rings is 1. The van der Waals surface area contributed by atoms with Crippen LogP contribution in [-0.4, -0.2) is 47.5 Å². The van der Waals surface area contributed by atoms with Crippen LogP contribution in [0.15, 0.2) is 6.20 Å². The second kappa shape index (κ2) is 7.65. The van der Waals surface area contributed by atoms with Crippen LogP contribution in [-0.2, 0) is 27.9 Å². The Balaban J connectivity index is 1.64. The molecule has 2 heterocycles. The number of nitrogens with one attached hydrogen (secondary N) is 1. The molecule has 24 heavy (non-hydrogen) atoms. The first-order valence-corrected chi connectivity index (χ1v) is 10.4. The summed E-state index contributed by atoms with van der Waals surface area (Å²) >= 11 is 0. The van der Waals surface area contributed by atoms with Crippen LogP contribution in [0.5, 0.6) is 0 Å². The van der Waals surface area contributed by atoms with Crippen LogP contribution in [0.3, 0.4) is 0 Å². The number of nitrogens with zero attached hydrogens (tertiary/aromatic N) is 3. The lowest BCUT2D eigenvalue weighted by molar-refractivity contribution is -0.109. The lowest BCUT2D eigenvalue weighted by atomic mass is 9.88. The Kier molecular flexibility index (Phi) is 5.55. The van der Waals surface area contributed by atoms with Gasteiger partial charge in [-0.05, 0) is 19.3 Å². The monoisotopic (exact) mass is 354 g/mol. The molecule has 0 unspecified atom stereocenters. The van der Waals surface area contributed by atoms with Gasteiger partial charge in [-0.1, -0.05) is 19.3 Å². The Morgan fingerprint density at radius 1 is 1.25 bits per heavy atom. The highest BCUT2D eigenvalue weighted by atomic mass is 32.2. The lowest BCUT2D eigenvalue weighted by Gasteiger charge is -2.30. The fraction of sp³-hybridized carbons (Fsp3) is 0.750. The van der Waals surface area contributed by atoms with Crippen molar-refractivity contribution in [2.75, 3.05) is 18.8 Å². The molecule has 1 fully saturated rings. The molecule has 1 aromatic heterocycles. The third-order valence-electron chi connectivity index (χ3n) is 5.05. The fourth-order valence-corrected chi connectivity index (χ4v) is 5.21. The van der Waals surface area contributed by atoms with Crippen molar-refractivity contribution in [1.82, 2.24) is 19.2 Å². The molecule has 1 N–H and O–H groups in total. The summed E-state index contributed by atoms with van der Waals surface area (Å²) in [6.45, 7) is 1.99. The second-order valence-electron chi connectivity index (χ2n) is 6.67. The molecular weight excluding hydrogens is 328 g/mol. The van der Waals surface area contributed by atoms with E-state index in [4.69, 9.17) is 0 Å². The van der Waals surface area contributed by atoms with Gasteiger partial charge < -0.3 is 9.88 Å². The highest BCUT2D eigenvalue weighted by Crippen LogP contribution is 2.33. The minimum Gasteiger partial charge on any atom is -0.359 e. The smallest absolute Gasteiger partial charge is 0.214 e. The van der Waals surface area contributed by atoms with E-state index in [-0.39, 0.29) is 5.75 Å². The van der Waals surface area contributed by atoms with Gasteiger partial charge in [0.1, 0.15) is 5.82 Å². The predicted molar refractivity (Wildman–Crippen MR) is 90.9 cm³/mol. The van der Waals surface area contributed by atoms with E-state index in [1.54, 1.807) is 4.31 Å². The van der Waals surface area contributed by atoms with E-state index in [9.17, 15) is 13.2 Å². The lowest BCUT2D eigenvalue weighted by Crippen LogP contribution is -2.40. The number of sulfonamides is 1. The Labute approximate surface area is 143 Å². The van der Waals surface area contributed by atoms with Crippen LogP contribution in [0.1, 0.15) is 56.0 Å². The number of carbonyl (C=O) groups excluding carboxylic acids is 1. The van der Waals surface area contributed by atoms with Crippen molar-refractivity contribution in [2.24, 2.45) is 0 Å². The SMILES string of the molecule is O=CNCCCS(=O)(=O)N1CCn2c(cnc2C2CCCCC2)C1. The number of carbonyl (C=O) groups is 1. The van der Waals surface area contributed by atoms with Gasteiger partial charge in [0.05, 0.1) is 18.0 Å². The highest BCUT2D eigenvalue weighted by Gasteiger charge is 2.30. The number of hydrogen-bond donors (Lipinski definition) is 1. The zero-order chi connectivity index (χ0) is 17.0. The molecule has 1 aliphatic carbocycles. The first-order valence-electron chi connectivity index (χ1n) is 8.81. The van der Waals surface area contributed by atoms with Crippen LogP contribution in [0, 0.1) is 0 Å². The third-order valence-corrected chi connectivity index (χ3v) is 6.95. The summed E-state index contributed by atoms with van der Waals surface area (Å²) in [5, 5.41) is 2.50. The van der Waals surface area contributed by atoms with E-state index in [1.807, 2.05) is 6.20 Å². The second-order valence-corrected chi connectivity index (χ2v) is 8.76. The van der Waals surface area contributed by atoms with Crippen LogP contribution >= 0.6 is 0 Å². The molecule has 1 saturated carbocycles. The molecule has 1 amide bonds. The largest absolute Gasteiger partial charge is 0.359 e. The molecule has 8 heteroatoms. The molecule has 0 saturated heterocycles. The van der Waals surface area contributed by atoms with Gasteiger partial charge >= 0.3 is 0 Å². The van der Waals surface area contributed by atoms with Gasteiger partial charge in [0.25, 0.3) is 0 Å². The van der Waals surface area contributed by atoms with Crippen LogP contribution in [0.2, 0.25) is 0 Å². The van der Waals surface area contributed by atoms with Crippen LogP contribution < -0.4 is 5.32 Å². The first-order chi connectivity index (χ1) is 11.6. The zero-order valence-corrected chi connectivity index (χ0v) is 14.8. The van der Waals surface area contributed by atoms with Crippen molar-refractivity contribution in [2.45, 2.75) is 57.5 Å². The van der Waals surface area contributed by atoms with Gasteiger partial charge in [0, 0.05) is 31.7 Å². The zero-order valence-electron chi connectivity index (χ0n) is 14.0. The molecular formula is C16H26N4O3S. The van der Waals surface area contributed by atoms with Crippen molar-refractivity contribution >= 4 is 16.4 Å². The van der Waals surface area contributed by atoms with E-state index >= 15 is 0 Å². The van der Waals surface area contributed by atoms with E-state index in [0.29, 0.717) is 44.9 Å². The van der Waals surface area contributed by atoms with Gasteiger partial charge in [-0.25, -0.2) is 13.4 Å². The van der Waals surface area contributed by atoms with Crippen LogP contribution in [0.25, 0.3) is 0 Å². The summed E-state index contributed by atoms with van der Waals surface area (Å²) in [6.07, 6.45) is 9.12. The quantitative estimate of drug-likeness (QED) is 0.589. The van der Waals surface area contributed by atoms with E-state index < -0.39 is 10.0 Å².